The van der Waals surface area contributed by atoms with Gasteiger partial charge in [-0.3, -0.25) is 9.59 Å². The van der Waals surface area contributed by atoms with Gasteiger partial charge in [-0.05, 0) is 80.7 Å². The van der Waals surface area contributed by atoms with E-state index >= 15 is 0 Å². The van der Waals surface area contributed by atoms with Crippen molar-refractivity contribution in [1.29, 1.82) is 0 Å². The molecule has 0 saturated carbocycles. The first-order valence-electron chi connectivity index (χ1n) is 15.1. The molecule has 2 aliphatic rings. The summed E-state index contributed by atoms with van der Waals surface area (Å²) < 4.78 is 21.9. The maximum Gasteiger partial charge on any atom is 0.314 e. The number of piperidine rings is 1. The number of aliphatic carboxylic acids is 1. The lowest BCUT2D eigenvalue weighted by molar-refractivity contribution is -0.146. The maximum atomic E-state index is 13.9. The fraction of sp³-hybridized carbons (Fsp3) is 0.429. The third kappa shape index (κ3) is 6.29. The second-order valence-electron chi connectivity index (χ2n) is 11.9. The number of amides is 1. The quantitative estimate of drug-likeness (QED) is 0.288. The number of halogens is 1. The minimum atomic E-state index is -0.879. The van der Waals surface area contributed by atoms with Crippen molar-refractivity contribution < 1.29 is 33.6 Å². The van der Waals surface area contributed by atoms with Crippen LogP contribution in [0.4, 0.5) is 0 Å². The van der Waals surface area contributed by atoms with Gasteiger partial charge in [0, 0.05) is 24.1 Å². The number of carboxylic acid groups (broad SMARTS) is 1. The minimum Gasteiger partial charge on any atom is -0.495 e. The van der Waals surface area contributed by atoms with Gasteiger partial charge in [-0.2, -0.15) is 0 Å². The number of carboxylic acids is 1. The zero-order chi connectivity index (χ0) is 32.2. The number of hydrogen-bond acceptors (Lipinski definition) is 7. The van der Waals surface area contributed by atoms with Crippen LogP contribution >= 0.6 is 11.6 Å². The highest BCUT2D eigenvalue weighted by atomic mass is 35.5. The Morgan fingerprint density at radius 1 is 0.800 bits per heavy atom. The third-order valence-electron chi connectivity index (χ3n) is 9.67. The van der Waals surface area contributed by atoms with Crippen LogP contribution in [-0.2, 0) is 15.6 Å². The summed E-state index contributed by atoms with van der Waals surface area (Å²) >= 11 is 6.62. The van der Waals surface area contributed by atoms with E-state index < -0.39 is 11.4 Å². The van der Waals surface area contributed by atoms with Crippen molar-refractivity contribution in [2.24, 2.45) is 0 Å². The van der Waals surface area contributed by atoms with E-state index in [1.165, 1.54) is 21.3 Å². The fourth-order valence-corrected chi connectivity index (χ4v) is 7.18. The Bertz CT molecular complexity index is 1500. The van der Waals surface area contributed by atoms with Crippen molar-refractivity contribution >= 4 is 23.5 Å². The van der Waals surface area contributed by atoms with Gasteiger partial charge in [0.15, 0.2) is 11.5 Å². The molecule has 0 spiro atoms. The summed E-state index contributed by atoms with van der Waals surface area (Å²) in [5.41, 5.74) is 1.13. The maximum absolute atomic E-state index is 13.9. The van der Waals surface area contributed by atoms with Gasteiger partial charge in [-0.15, -0.1) is 0 Å². The molecule has 0 radical (unpaired) electrons. The number of ether oxygens (including phenoxy) is 4. The highest BCUT2D eigenvalue weighted by Gasteiger charge is 2.45. The number of carbonyl (C=O) groups is 2. The molecule has 3 aromatic carbocycles. The van der Waals surface area contributed by atoms with E-state index in [0.29, 0.717) is 72.6 Å². The summed E-state index contributed by atoms with van der Waals surface area (Å²) in [4.78, 5) is 30.6. The molecule has 5 rings (SSSR count). The van der Waals surface area contributed by atoms with Crippen LogP contribution in [0.15, 0.2) is 60.7 Å². The highest BCUT2D eigenvalue weighted by Crippen LogP contribution is 2.43. The van der Waals surface area contributed by atoms with Crippen molar-refractivity contribution in [2.75, 3.05) is 61.2 Å². The summed E-state index contributed by atoms with van der Waals surface area (Å²) in [5, 5.41) is 10.8. The number of methoxy groups -OCH3 is 4. The van der Waals surface area contributed by atoms with Gasteiger partial charge in [-0.25, -0.2) is 0 Å². The predicted octanol–water partition coefficient (Wildman–Crippen LogP) is 5.67. The molecule has 1 unspecified atom stereocenters. The van der Waals surface area contributed by atoms with Crippen LogP contribution in [0, 0.1) is 0 Å². The van der Waals surface area contributed by atoms with Crippen molar-refractivity contribution in [3.05, 3.63) is 82.4 Å². The summed E-state index contributed by atoms with van der Waals surface area (Å²) in [6, 6.07) is 18.8. The average molecular weight is 637 g/mol. The van der Waals surface area contributed by atoms with Crippen LogP contribution in [0.2, 0.25) is 5.02 Å². The van der Waals surface area contributed by atoms with Gasteiger partial charge in [0.2, 0.25) is 5.75 Å². The Hall–Kier alpha value is -3.95. The molecule has 1 amide bonds. The molecule has 0 aromatic heterocycles. The molecule has 0 aliphatic carbocycles. The van der Waals surface area contributed by atoms with E-state index in [0.717, 1.165) is 30.5 Å². The fourth-order valence-electron chi connectivity index (χ4n) is 6.93. The van der Waals surface area contributed by atoms with Gasteiger partial charge in [0.25, 0.3) is 5.91 Å². The highest BCUT2D eigenvalue weighted by molar-refractivity contribution is 6.32. The largest absolute Gasteiger partial charge is 0.495 e. The molecular weight excluding hydrogens is 596 g/mol. The van der Waals surface area contributed by atoms with Gasteiger partial charge in [-0.1, -0.05) is 48.0 Å². The molecule has 240 valence electrons. The van der Waals surface area contributed by atoms with Gasteiger partial charge in [0.1, 0.15) is 5.75 Å². The topological polar surface area (TPSA) is 97.8 Å². The van der Waals surface area contributed by atoms with Crippen LogP contribution in [-0.4, -0.2) is 87.9 Å². The van der Waals surface area contributed by atoms with E-state index in [1.807, 2.05) is 53.4 Å². The van der Waals surface area contributed by atoms with Crippen molar-refractivity contribution in [3.8, 4) is 23.0 Å². The number of carbonyl (C=O) groups excluding carboxylic acids is 1. The van der Waals surface area contributed by atoms with Crippen LogP contribution in [0.5, 0.6) is 23.0 Å². The lowest BCUT2D eigenvalue weighted by atomic mass is 9.72. The molecule has 0 bridgehead atoms. The first-order valence-corrected chi connectivity index (χ1v) is 15.5. The molecule has 9 nitrogen and oxygen atoms in total. The Kier molecular flexibility index (Phi) is 9.79. The smallest absolute Gasteiger partial charge is 0.314 e. The molecule has 1 atom stereocenters. The molecule has 1 N–H and O–H groups in total. The monoisotopic (exact) mass is 636 g/mol. The van der Waals surface area contributed by atoms with Crippen LogP contribution in [0.1, 0.15) is 47.2 Å². The van der Waals surface area contributed by atoms with Crippen LogP contribution in [0.3, 0.4) is 0 Å². The minimum absolute atomic E-state index is 0.122. The van der Waals surface area contributed by atoms with E-state index in [1.54, 1.807) is 19.2 Å². The van der Waals surface area contributed by atoms with Gasteiger partial charge >= 0.3 is 5.97 Å². The molecule has 2 aliphatic heterocycles. The normalized spacial score (nSPS) is 19.6. The second kappa shape index (κ2) is 13.6. The van der Waals surface area contributed by atoms with E-state index in [2.05, 4.69) is 4.90 Å². The average Bonchev–Trinajstić information content (AvgIpc) is 3.52. The predicted molar refractivity (Wildman–Crippen MR) is 172 cm³/mol. The first kappa shape index (κ1) is 32.4. The SMILES string of the molecule is COc1ccc(C2(CCN3CCC(C(=O)O)(c4ccccc4)CC3)CCN(C(=O)c3cc(OC)c(OC)c(OC)c3)C2)cc1Cl. The van der Waals surface area contributed by atoms with Gasteiger partial charge in [0.05, 0.1) is 38.9 Å². The van der Waals surface area contributed by atoms with Crippen molar-refractivity contribution in [3.63, 3.8) is 0 Å². The number of likely N-dealkylation sites (tertiary alicyclic amines) is 2. The first-order chi connectivity index (χ1) is 21.7. The number of hydrogen-bond donors (Lipinski definition) is 1. The lowest BCUT2D eigenvalue weighted by Gasteiger charge is -2.40. The Morgan fingerprint density at radius 3 is 2.00 bits per heavy atom. The molecule has 3 aromatic rings. The molecular formula is C35H41ClN2O7. The number of nitrogens with zero attached hydrogens (tertiary/aromatic N) is 2. The second-order valence-corrected chi connectivity index (χ2v) is 12.3. The Morgan fingerprint density at radius 2 is 1.44 bits per heavy atom. The zero-order valence-corrected chi connectivity index (χ0v) is 27.1. The standard InChI is InChI=1S/C35H41ClN2O7/c1-42-28-11-10-26(22-27(28)36)34(12-16-37-17-14-35(15-18-37,33(40)41)25-8-6-5-7-9-25)13-19-38(23-34)32(39)24-20-29(43-2)31(45-4)30(21-24)44-3/h5-11,20-22H,12-19,23H2,1-4H3,(H,40,41). The molecule has 2 heterocycles. The molecule has 2 fully saturated rings. The summed E-state index contributed by atoms with van der Waals surface area (Å²) in [6.07, 6.45) is 2.61. The zero-order valence-electron chi connectivity index (χ0n) is 26.3. The van der Waals surface area contributed by atoms with Crippen molar-refractivity contribution in [2.45, 2.75) is 36.5 Å². The summed E-state index contributed by atoms with van der Waals surface area (Å²) in [6.45, 7) is 3.18. The third-order valence-corrected chi connectivity index (χ3v) is 9.96. The van der Waals surface area contributed by atoms with E-state index in [-0.39, 0.29) is 11.3 Å². The lowest BCUT2D eigenvalue weighted by Crippen LogP contribution is -2.48. The molecule has 2 saturated heterocycles. The van der Waals surface area contributed by atoms with Crippen molar-refractivity contribution in [1.82, 2.24) is 9.80 Å². The van der Waals surface area contributed by atoms with Crippen LogP contribution in [0.25, 0.3) is 0 Å². The van der Waals surface area contributed by atoms with E-state index in [4.69, 9.17) is 30.5 Å². The van der Waals surface area contributed by atoms with Crippen LogP contribution < -0.4 is 18.9 Å². The number of rotatable bonds is 11. The summed E-state index contributed by atoms with van der Waals surface area (Å²) in [7, 11) is 6.18. The number of benzene rings is 3. The van der Waals surface area contributed by atoms with E-state index in [9.17, 15) is 14.7 Å². The van der Waals surface area contributed by atoms with Gasteiger partial charge < -0.3 is 33.9 Å². The Balaban J connectivity index is 1.37. The molecule has 10 heteroatoms. The summed E-state index contributed by atoms with van der Waals surface area (Å²) in [5.74, 6) is 0.982. The Labute approximate surface area is 269 Å². The molecule has 45 heavy (non-hydrogen) atoms.